The van der Waals surface area contributed by atoms with Crippen LogP contribution in [-0.4, -0.2) is 33.8 Å². The van der Waals surface area contributed by atoms with Crippen LogP contribution in [0.15, 0.2) is 60.8 Å². The first-order valence-electron chi connectivity index (χ1n) is 10.5. The van der Waals surface area contributed by atoms with E-state index in [0.717, 1.165) is 35.3 Å². The maximum atomic E-state index is 13.3. The van der Waals surface area contributed by atoms with Gasteiger partial charge in [0.1, 0.15) is 5.69 Å². The molecule has 3 heterocycles. The van der Waals surface area contributed by atoms with Crippen LogP contribution in [-0.2, 0) is 0 Å². The Balaban J connectivity index is 1.49. The predicted octanol–water partition coefficient (Wildman–Crippen LogP) is 3.86. The van der Waals surface area contributed by atoms with Crippen LogP contribution in [0.2, 0.25) is 0 Å². The van der Waals surface area contributed by atoms with E-state index in [1.807, 2.05) is 59.4 Å². The van der Waals surface area contributed by atoms with Gasteiger partial charge in [-0.15, -0.1) is 0 Å². The predicted molar refractivity (Wildman–Crippen MR) is 114 cm³/mol. The van der Waals surface area contributed by atoms with Crippen molar-refractivity contribution in [2.45, 2.75) is 50.7 Å². The van der Waals surface area contributed by atoms with Crippen molar-refractivity contribution in [3.8, 4) is 16.9 Å². The largest absolute Gasteiger partial charge is 0.349 e. The number of rotatable bonds is 4. The first-order valence-corrected chi connectivity index (χ1v) is 10.5. The van der Waals surface area contributed by atoms with Gasteiger partial charge in [0.25, 0.3) is 5.91 Å². The lowest BCUT2D eigenvalue weighted by Crippen LogP contribution is -2.48. The maximum Gasteiger partial charge on any atom is 0.255 e. The number of carbonyl (C=O) groups excluding carboxylic acids is 1. The highest BCUT2D eigenvalue weighted by atomic mass is 16.1. The highest BCUT2D eigenvalue weighted by molar-refractivity contribution is 6.00. The number of hydrogen-bond acceptors (Lipinski definition) is 3. The van der Waals surface area contributed by atoms with Crippen molar-refractivity contribution in [2.24, 2.45) is 0 Å². The molecule has 5 nitrogen and oxygen atoms in total. The smallest absolute Gasteiger partial charge is 0.255 e. The van der Waals surface area contributed by atoms with Gasteiger partial charge in [-0.2, -0.15) is 5.10 Å². The number of benzene rings is 2. The Labute approximate surface area is 171 Å². The van der Waals surface area contributed by atoms with Crippen LogP contribution in [0.3, 0.4) is 0 Å². The van der Waals surface area contributed by atoms with Gasteiger partial charge in [-0.05, 0) is 50.3 Å². The lowest BCUT2D eigenvalue weighted by atomic mass is 9.98. The van der Waals surface area contributed by atoms with E-state index in [4.69, 9.17) is 5.10 Å². The molecule has 5 heteroatoms. The summed E-state index contributed by atoms with van der Waals surface area (Å²) in [5, 5.41) is 11.7. The number of hydrogen-bond donors (Lipinski definition) is 2. The normalized spacial score (nSPS) is 23.1. The third-order valence-electron chi connectivity index (χ3n) is 6.19. The van der Waals surface area contributed by atoms with Crippen LogP contribution >= 0.6 is 0 Å². The molecule has 29 heavy (non-hydrogen) atoms. The Hall–Kier alpha value is -2.92. The van der Waals surface area contributed by atoms with Crippen LogP contribution in [0.25, 0.3) is 16.9 Å². The summed E-state index contributed by atoms with van der Waals surface area (Å²) in [7, 11) is 0. The molecule has 148 valence electrons. The summed E-state index contributed by atoms with van der Waals surface area (Å²) in [6.07, 6.45) is 6.32. The van der Waals surface area contributed by atoms with Crippen molar-refractivity contribution in [3.63, 3.8) is 0 Å². The zero-order valence-corrected chi connectivity index (χ0v) is 16.6. The van der Waals surface area contributed by atoms with Crippen LogP contribution in [0.1, 0.15) is 41.6 Å². The second-order valence-corrected chi connectivity index (χ2v) is 8.27. The number of nitrogens with zero attached hydrogens (tertiary/aromatic N) is 2. The molecular formula is C24H26N4O. The minimum absolute atomic E-state index is 0.0308. The van der Waals surface area contributed by atoms with E-state index in [0.29, 0.717) is 17.6 Å². The number of piperidine rings is 1. The molecule has 0 radical (unpaired) electrons. The molecule has 1 amide bonds. The molecule has 3 aromatic rings. The SMILES string of the molecule is Cc1ccccc1-c1nn(-c2ccccc2)cc1C(=O)NC1CC2CCC(C1)N2. The van der Waals surface area contributed by atoms with Crippen molar-refractivity contribution < 1.29 is 4.79 Å². The highest BCUT2D eigenvalue weighted by Gasteiger charge is 2.34. The molecule has 2 bridgehead atoms. The molecule has 2 atom stereocenters. The molecule has 2 aliphatic rings. The lowest BCUT2D eigenvalue weighted by Gasteiger charge is -2.29. The summed E-state index contributed by atoms with van der Waals surface area (Å²) in [5.41, 5.74) is 4.43. The first kappa shape index (κ1) is 18.1. The van der Waals surface area contributed by atoms with E-state index in [-0.39, 0.29) is 11.9 Å². The van der Waals surface area contributed by atoms with Gasteiger partial charge < -0.3 is 10.6 Å². The molecule has 0 aliphatic carbocycles. The van der Waals surface area contributed by atoms with Gasteiger partial charge in [0.05, 0.1) is 11.3 Å². The molecule has 2 aliphatic heterocycles. The third-order valence-corrected chi connectivity index (χ3v) is 6.19. The molecule has 2 unspecified atom stereocenters. The fraction of sp³-hybridized carbons (Fsp3) is 0.333. The van der Waals surface area contributed by atoms with Crippen LogP contribution in [0, 0.1) is 6.92 Å². The van der Waals surface area contributed by atoms with Gasteiger partial charge in [0.2, 0.25) is 0 Å². The topological polar surface area (TPSA) is 59.0 Å². The standard InChI is InChI=1S/C24H26N4O/c1-16-7-5-6-10-21(16)23-22(15-28(27-23)20-8-3-2-4-9-20)24(29)26-19-13-17-11-12-18(14-19)25-17/h2-10,15,17-19,25H,11-14H2,1H3,(H,26,29). The highest BCUT2D eigenvalue weighted by Crippen LogP contribution is 2.29. The summed E-state index contributed by atoms with van der Waals surface area (Å²) >= 11 is 0. The number of para-hydroxylation sites is 1. The fourth-order valence-electron chi connectivity index (χ4n) is 4.73. The van der Waals surface area contributed by atoms with Crippen LogP contribution in [0.4, 0.5) is 0 Å². The second kappa shape index (κ2) is 7.48. The summed E-state index contributed by atoms with van der Waals surface area (Å²) < 4.78 is 1.81. The van der Waals surface area contributed by atoms with Gasteiger partial charge in [0, 0.05) is 29.9 Å². The Morgan fingerprint density at radius 2 is 1.72 bits per heavy atom. The molecule has 5 rings (SSSR count). The molecule has 0 saturated carbocycles. The zero-order valence-electron chi connectivity index (χ0n) is 16.6. The molecule has 1 aromatic heterocycles. The summed E-state index contributed by atoms with van der Waals surface area (Å²) in [6.45, 7) is 2.06. The second-order valence-electron chi connectivity index (χ2n) is 8.27. The summed E-state index contributed by atoms with van der Waals surface area (Å²) in [5.74, 6) is -0.0308. The number of carbonyl (C=O) groups is 1. The minimum Gasteiger partial charge on any atom is -0.349 e. The molecule has 2 saturated heterocycles. The van der Waals surface area contributed by atoms with Gasteiger partial charge in [0.15, 0.2) is 0 Å². The average molecular weight is 386 g/mol. The van der Waals surface area contributed by atoms with Crippen molar-refractivity contribution in [3.05, 3.63) is 71.9 Å². The van der Waals surface area contributed by atoms with Crippen LogP contribution < -0.4 is 10.6 Å². The minimum atomic E-state index is -0.0308. The van der Waals surface area contributed by atoms with Gasteiger partial charge >= 0.3 is 0 Å². The van der Waals surface area contributed by atoms with E-state index in [2.05, 4.69) is 23.6 Å². The quantitative estimate of drug-likeness (QED) is 0.716. The Morgan fingerprint density at radius 1 is 1.03 bits per heavy atom. The Morgan fingerprint density at radius 3 is 2.45 bits per heavy atom. The number of nitrogens with one attached hydrogen (secondary N) is 2. The van der Waals surface area contributed by atoms with Crippen molar-refractivity contribution in [1.29, 1.82) is 0 Å². The van der Waals surface area contributed by atoms with Gasteiger partial charge in [-0.3, -0.25) is 4.79 Å². The molecule has 2 aromatic carbocycles. The zero-order chi connectivity index (χ0) is 19.8. The van der Waals surface area contributed by atoms with E-state index in [1.54, 1.807) is 0 Å². The van der Waals surface area contributed by atoms with E-state index >= 15 is 0 Å². The third kappa shape index (κ3) is 3.58. The Kier molecular flexibility index (Phi) is 4.68. The van der Waals surface area contributed by atoms with Gasteiger partial charge in [-0.25, -0.2) is 4.68 Å². The van der Waals surface area contributed by atoms with E-state index < -0.39 is 0 Å². The summed E-state index contributed by atoms with van der Waals surface area (Å²) in [4.78, 5) is 13.3. The van der Waals surface area contributed by atoms with Crippen molar-refractivity contribution in [2.75, 3.05) is 0 Å². The fourth-order valence-corrected chi connectivity index (χ4v) is 4.73. The average Bonchev–Trinajstić information content (AvgIpc) is 3.32. The Bertz CT molecular complexity index is 1010. The number of aryl methyl sites for hydroxylation is 1. The molecule has 2 fully saturated rings. The number of aromatic nitrogens is 2. The summed E-state index contributed by atoms with van der Waals surface area (Å²) in [6, 6.07) is 19.4. The van der Waals surface area contributed by atoms with E-state index in [9.17, 15) is 4.79 Å². The van der Waals surface area contributed by atoms with Gasteiger partial charge in [-0.1, -0.05) is 42.5 Å². The molecule has 2 N–H and O–H groups in total. The first-order chi connectivity index (χ1) is 14.2. The van der Waals surface area contributed by atoms with Crippen LogP contribution in [0.5, 0.6) is 0 Å². The monoisotopic (exact) mass is 386 g/mol. The maximum absolute atomic E-state index is 13.3. The number of amides is 1. The van der Waals surface area contributed by atoms with E-state index in [1.165, 1.54) is 12.8 Å². The molecule has 0 spiro atoms. The number of fused-ring (bicyclic) bond motifs is 2. The lowest BCUT2D eigenvalue weighted by molar-refractivity contribution is 0.0924. The molecular weight excluding hydrogens is 360 g/mol. The van der Waals surface area contributed by atoms with Crippen molar-refractivity contribution in [1.82, 2.24) is 20.4 Å². The van der Waals surface area contributed by atoms with Crippen molar-refractivity contribution >= 4 is 5.91 Å².